The molecular formula is C21H16Cl3N3O4. The summed E-state index contributed by atoms with van der Waals surface area (Å²) in [6.45, 7) is -0.0721. The minimum atomic E-state index is -0.809. The highest BCUT2D eigenvalue weighted by molar-refractivity contribution is 6.46. The van der Waals surface area contributed by atoms with E-state index in [-0.39, 0.29) is 39.1 Å². The van der Waals surface area contributed by atoms with Gasteiger partial charge in [0.15, 0.2) is 10.8 Å². The van der Waals surface area contributed by atoms with Crippen LogP contribution in [0.15, 0.2) is 48.5 Å². The third-order valence-corrected chi connectivity index (χ3v) is 5.33. The highest BCUT2D eigenvalue weighted by atomic mass is 35.5. The first-order chi connectivity index (χ1) is 14.8. The van der Waals surface area contributed by atoms with Crippen molar-refractivity contribution in [2.75, 3.05) is 18.2 Å². The fourth-order valence-corrected chi connectivity index (χ4v) is 3.10. The van der Waals surface area contributed by atoms with Crippen LogP contribution >= 0.6 is 34.8 Å². The largest absolute Gasteiger partial charge is 0.497 e. The number of aromatic nitrogens is 1. The van der Waals surface area contributed by atoms with E-state index in [1.165, 1.54) is 0 Å². The summed E-state index contributed by atoms with van der Waals surface area (Å²) in [6, 6.07) is 13.5. The Bertz CT molecular complexity index is 1120. The summed E-state index contributed by atoms with van der Waals surface area (Å²) in [5.41, 5.74) is 7.14. The molecule has 0 bridgehead atoms. The van der Waals surface area contributed by atoms with Gasteiger partial charge in [-0.1, -0.05) is 46.9 Å². The zero-order chi connectivity index (χ0) is 22.5. The van der Waals surface area contributed by atoms with Gasteiger partial charge >= 0.3 is 5.97 Å². The Labute approximate surface area is 193 Å². The van der Waals surface area contributed by atoms with Gasteiger partial charge in [0.05, 0.1) is 17.8 Å². The topological polar surface area (TPSA) is 104 Å². The molecule has 0 aliphatic carbocycles. The summed E-state index contributed by atoms with van der Waals surface area (Å²) < 4.78 is 10.3. The van der Waals surface area contributed by atoms with Crippen molar-refractivity contribution in [2.45, 2.75) is 6.61 Å². The van der Waals surface area contributed by atoms with E-state index in [4.69, 9.17) is 50.0 Å². The molecule has 0 fully saturated rings. The van der Waals surface area contributed by atoms with E-state index in [1.807, 2.05) is 0 Å². The molecule has 10 heteroatoms. The number of rotatable bonds is 6. The number of carbonyl (C=O) groups excluding carboxylic acids is 2. The van der Waals surface area contributed by atoms with Crippen molar-refractivity contribution < 1.29 is 19.1 Å². The van der Waals surface area contributed by atoms with Crippen LogP contribution in [0.25, 0.3) is 0 Å². The predicted molar refractivity (Wildman–Crippen MR) is 120 cm³/mol. The summed E-state index contributed by atoms with van der Waals surface area (Å²) >= 11 is 17.7. The Morgan fingerprint density at radius 2 is 1.65 bits per heavy atom. The molecular weight excluding hydrogens is 465 g/mol. The minimum Gasteiger partial charge on any atom is -0.497 e. The molecule has 3 N–H and O–H groups in total. The molecule has 31 heavy (non-hydrogen) atoms. The van der Waals surface area contributed by atoms with Crippen molar-refractivity contribution in [3.63, 3.8) is 0 Å². The second-order valence-corrected chi connectivity index (χ2v) is 7.36. The Morgan fingerprint density at radius 3 is 2.26 bits per heavy atom. The number of carbonyl (C=O) groups is 2. The molecule has 0 atom stereocenters. The van der Waals surface area contributed by atoms with Crippen LogP contribution in [0.3, 0.4) is 0 Å². The number of pyridine rings is 1. The van der Waals surface area contributed by atoms with Crippen molar-refractivity contribution in [1.82, 2.24) is 4.98 Å². The number of ether oxygens (including phenoxy) is 2. The maximum atomic E-state index is 12.4. The molecule has 2 aromatic carbocycles. The Hall–Kier alpha value is -3.00. The normalized spacial score (nSPS) is 10.5. The number of hydrogen-bond donors (Lipinski definition) is 2. The number of nitrogens with one attached hydrogen (secondary N) is 1. The van der Waals surface area contributed by atoms with Gasteiger partial charge in [-0.3, -0.25) is 4.79 Å². The van der Waals surface area contributed by atoms with Gasteiger partial charge in [-0.2, -0.15) is 0 Å². The first kappa shape index (κ1) is 22.7. The number of nitrogen functional groups attached to an aromatic ring is 1. The average Bonchev–Trinajstić information content (AvgIpc) is 2.79. The molecule has 0 aliphatic rings. The van der Waals surface area contributed by atoms with Crippen LogP contribution in [0, 0.1) is 0 Å². The molecule has 1 heterocycles. The smallest absolute Gasteiger partial charge is 0.358 e. The SMILES string of the molecule is COc1ccc(NC(=O)c2ccc(COC(=O)c3nc(Cl)c(Cl)c(N)c3Cl)cc2)cc1. The van der Waals surface area contributed by atoms with Gasteiger partial charge in [0.25, 0.3) is 5.91 Å². The third-order valence-electron chi connectivity index (χ3n) is 4.20. The molecule has 3 rings (SSSR count). The second kappa shape index (κ2) is 9.87. The Morgan fingerprint density at radius 1 is 1.00 bits per heavy atom. The van der Waals surface area contributed by atoms with Gasteiger partial charge in [0, 0.05) is 11.3 Å². The molecule has 0 aliphatic heterocycles. The number of halogens is 3. The summed E-state index contributed by atoms with van der Waals surface area (Å²) in [6.07, 6.45) is 0. The lowest BCUT2D eigenvalue weighted by atomic mass is 10.1. The van der Waals surface area contributed by atoms with Crippen LogP contribution in [-0.4, -0.2) is 24.0 Å². The number of nitrogens with two attached hydrogens (primary N) is 1. The predicted octanol–water partition coefficient (Wildman–Crippen LogP) is 5.24. The van der Waals surface area contributed by atoms with E-state index >= 15 is 0 Å². The monoisotopic (exact) mass is 479 g/mol. The number of benzene rings is 2. The first-order valence-corrected chi connectivity index (χ1v) is 9.95. The van der Waals surface area contributed by atoms with Crippen LogP contribution in [-0.2, 0) is 11.3 Å². The number of methoxy groups -OCH3 is 1. The molecule has 0 unspecified atom stereocenters. The number of hydrogen-bond acceptors (Lipinski definition) is 6. The van der Waals surface area contributed by atoms with Crippen LogP contribution in [0.5, 0.6) is 5.75 Å². The summed E-state index contributed by atoms with van der Waals surface area (Å²) in [4.78, 5) is 28.5. The van der Waals surface area contributed by atoms with E-state index in [2.05, 4.69) is 10.3 Å². The Kier molecular flexibility index (Phi) is 7.22. The van der Waals surface area contributed by atoms with E-state index < -0.39 is 5.97 Å². The van der Waals surface area contributed by atoms with Crippen molar-refractivity contribution >= 4 is 58.1 Å². The standard InChI is InChI=1S/C21H16Cl3N3O4/c1-30-14-8-6-13(7-9-14)26-20(28)12-4-2-11(3-5-12)10-31-21(29)18-15(22)17(25)16(23)19(24)27-18/h2-9H,10H2,1H3,(H2,25,27)(H,26,28). The first-order valence-electron chi connectivity index (χ1n) is 8.81. The van der Waals surface area contributed by atoms with Crippen LogP contribution < -0.4 is 15.8 Å². The van der Waals surface area contributed by atoms with Gasteiger partial charge in [0.2, 0.25) is 0 Å². The number of amides is 1. The van der Waals surface area contributed by atoms with Gasteiger partial charge < -0.3 is 20.5 Å². The highest BCUT2D eigenvalue weighted by Crippen LogP contribution is 2.34. The van der Waals surface area contributed by atoms with Crippen LogP contribution in [0.4, 0.5) is 11.4 Å². The van der Waals surface area contributed by atoms with E-state index in [0.717, 1.165) is 0 Å². The molecule has 0 saturated carbocycles. The van der Waals surface area contributed by atoms with Crippen LogP contribution in [0.1, 0.15) is 26.4 Å². The number of anilines is 2. The summed E-state index contributed by atoms with van der Waals surface area (Å²) in [5.74, 6) is -0.399. The molecule has 0 spiro atoms. The van der Waals surface area contributed by atoms with Crippen molar-refractivity contribution in [2.24, 2.45) is 0 Å². The van der Waals surface area contributed by atoms with Gasteiger partial charge in [-0.15, -0.1) is 0 Å². The summed E-state index contributed by atoms with van der Waals surface area (Å²) in [5, 5.41) is 2.46. The quantitative estimate of drug-likeness (QED) is 0.369. The molecule has 1 aromatic heterocycles. The fourth-order valence-electron chi connectivity index (χ4n) is 2.51. The van der Waals surface area contributed by atoms with Crippen molar-refractivity contribution in [1.29, 1.82) is 0 Å². The molecule has 3 aromatic rings. The van der Waals surface area contributed by atoms with E-state index in [1.54, 1.807) is 55.6 Å². The minimum absolute atomic E-state index is 0.0354. The van der Waals surface area contributed by atoms with Crippen molar-refractivity contribution in [3.8, 4) is 5.75 Å². The van der Waals surface area contributed by atoms with E-state index in [0.29, 0.717) is 22.6 Å². The lowest BCUT2D eigenvalue weighted by molar-refractivity contribution is 0.0466. The molecule has 7 nitrogen and oxygen atoms in total. The maximum Gasteiger partial charge on any atom is 0.358 e. The molecule has 1 amide bonds. The molecule has 0 saturated heterocycles. The molecule has 0 radical (unpaired) electrons. The fraction of sp³-hybridized carbons (Fsp3) is 0.0952. The lowest BCUT2D eigenvalue weighted by Gasteiger charge is -2.10. The highest BCUT2D eigenvalue weighted by Gasteiger charge is 2.21. The maximum absolute atomic E-state index is 12.4. The van der Waals surface area contributed by atoms with E-state index in [9.17, 15) is 9.59 Å². The molecule has 160 valence electrons. The van der Waals surface area contributed by atoms with Crippen molar-refractivity contribution in [3.05, 3.63) is 80.6 Å². The van der Waals surface area contributed by atoms with Crippen LogP contribution in [0.2, 0.25) is 15.2 Å². The zero-order valence-corrected chi connectivity index (χ0v) is 18.4. The number of esters is 1. The average molecular weight is 481 g/mol. The van der Waals surface area contributed by atoms with Gasteiger partial charge in [-0.25, -0.2) is 9.78 Å². The Balaban J connectivity index is 1.61. The lowest BCUT2D eigenvalue weighted by Crippen LogP contribution is -2.12. The zero-order valence-electron chi connectivity index (χ0n) is 16.1. The van der Waals surface area contributed by atoms with Gasteiger partial charge in [-0.05, 0) is 42.0 Å². The van der Waals surface area contributed by atoms with Gasteiger partial charge in [0.1, 0.15) is 17.4 Å². The second-order valence-electron chi connectivity index (χ2n) is 6.25. The third kappa shape index (κ3) is 5.38. The summed E-state index contributed by atoms with van der Waals surface area (Å²) in [7, 11) is 1.57. The number of nitrogens with zero attached hydrogens (tertiary/aromatic N) is 1.